The summed E-state index contributed by atoms with van der Waals surface area (Å²) < 4.78 is 0. The third-order valence-electron chi connectivity index (χ3n) is 3.09. The number of aromatic nitrogens is 1. The van der Waals surface area contributed by atoms with Gasteiger partial charge in [-0.25, -0.2) is 4.98 Å². The van der Waals surface area contributed by atoms with Crippen molar-refractivity contribution in [1.82, 2.24) is 9.88 Å². The molecule has 1 aliphatic heterocycles. The maximum atomic E-state index is 11.2. The van der Waals surface area contributed by atoms with E-state index >= 15 is 0 Å². The largest absolute Gasteiger partial charge is 0.353 e. The quantitative estimate of drug-likeness (QED) is 0.794. The van der Waals surface area contributed by atoms with E-state index in [9.17, 15) is 4.79 Å². The highest BCUT2D eigenvalue weighted by Crippen LogP contribution is 2.13. The van der Waals surface area contributed by atoms with Crippen LogP contribution in [0.25, 0.3) is 0 Å². The van der Waals surface area contributed by atoms with Gasteiger partial charge in [-0.3, -0.25) is 4.79 Å². The Kier molecular flexibility index (Phi) is 3.58. The van der Waals surface area contributed by atoms with Gasteiger partial charge in [-0.2, -0.15) is 0 Å². The van der Waals surface area contributed by atoms with Crippen LogP contribution < -0.4 is 10.6 Å². The highest BCUT2D eigenvalue weighted by atomic mass is 16.2. The number of amides is 1. The molecule has 5 nitrogen and oxygen atoms in total. The Morgan fingerprint density at radius 2 is 2.06 bits per heavy atom. The fourth-order valence-corrected chi connectivity index (χ4v) is 1.97. The van der Waals surface area contributed by atoms with E-state index in [0.717, 1.165) is 37.6 Å². The number of nitrogens with zero attached hydrogens (tertiary/aromatic N) is 3. The van der Waals surface area contributed by atoms with Gasteiger partial charge in [-0.05, 0) is 11.6 Å². The van der Waals surface area contributed by atoms with Crippen LogP contribution in [0.3, 0.4) is 0 Å². The zero-order valence-corrected chi connectivity index (χ0v) is 10.1. The molecule has 0 unspecified atom stereocenters. The van der Waals surface area contributed by atoms with E-state index < -0.39 is 0 Å². The second kappa shape index (κ2) is 5.14. The second-order valence-electron chi connectivity index (χ2n) is 4.22. The van der Waals surface area contributed by atoms with Gasteiger partial charge in [0.1, 0.15) is 5.82 Å². The topological polar surface area (TPSA) is 62.5 Å². The summed E-state index contributed by atoms with van der Waals surface area (Å²) in [5.41, 5.74) is 6.57. The van der Waals surface area contributed by atoms with Crippen LogP contribution in [0.2, 0.25) is 0 Å². The van der Waals surface area contributed by atoms with Crippen molar-refractivity contribution in [1.29, 1.82) is 0 Å². The summed E-state index contributed by atoms with van der Waals surface area (Å²) in [6, 6.07) is 3.99. The minimum atomic E-state index is 0.149. The van der Waals surface area contributed by atoms with Crippen LogP contribution in [-0.4, -0.2) is 42.0 Å². The van der Waals surface area contributed by atoms with E-state index in [4.69, 9.17) is 5.73 Å². The second-order valence-corrected chi connectivity index (χ2v) is 4.22. The highest BCUT2D eigenvalue weighted by molar-refractivity contribution is 5.73. The SMILES string of the molecule is CC(=O)N1CCN(c2ccc(CN)cn2)CC1. The molecule has 1 fully saturated rings. The normalized spacial score (nSPS) is 16.1. The number of anilines is 1. The summed E-state index contributed by atoms with van der Waals surface area (Å²) in [6.07, 6.45) is 1.81. The standard InChI is InChI=1S/C12H18N4O/c1-10(17)15-4-6-16(7-5-15)12-3-2-11(8-13)9-14-12/h2-3,9H,4-8,13H2,1H3. The summed E-state index contributed by atoms with van der Waals surface area (Å²) in [5.74, 6) is 1.11. The number of carbonyl (C=O) groups excluding carboxylic acids is 1. The van der Waals surface area contributed by atoms with Crippen molar-refractivity contribution in [2.75, 3.05) is 31.1 Å². The first-order chi connectivity index (χ1) is 8.20. The molecule has 0 radical (unpaired) electrons. The molecular weight excluding hydrogens is 216 g/mol. The number of piperazine rings is 1. The predicted octanol–water partition coefficient (Wildman–Crippen LogP) is 0.209. The lowest BCUT2D eigenvalue weighted by molar-refractivity contribution is -0.129. The Balaban J connectivity index is 1.97. The molecule has 1 aromatic heterocycles. The van der Waals surface area contributed by atoms with Crippen LogP contribution in [0, 0.1) is 0 Å². The molecule has 1 aliphatic rings. The third kappa shape index (κ3) is 2.74. The van der Waals surface area contributed by atoms with Crippen molar-refractivity contribution in [2.45, 2.75) is 13.5 Å². The number of rotatable bonds is 2. The molecule has 0 aliphatic carbocycles. The molecule has 0 atom stereocenters. The average molecular weight is 234 g/mol. The molecule has 0 saturated carbocycles. The Hall–Kier alpha value is -1.62. The van der Waals surface area contributed by atoms with E-state index in [1.165, 1.54) is 0 Å². The number of carbonyl (C=O) groups is 1. The van der Waals surface area contributed by atoms with E-state index in [1.807, 2.05) is 23.2 Å². The highest BCUT2D eigenvalue weighted by Gasteiger charge is 2.19. The van der Waals surface area contributed by atoms with Crippen LogP contribution in [0.15, 0.2) is 18.3 Å². The molecule has 2 rings (SSSR count). The third-order valence-corrected chi connectivity index (χ3v) is 3.09. The van der Waals surface area contributed by atoms with E-state index in [2.05, 4.69) is 9.88 Å². The van der Waals surface area contributed by atoms with Crippen LogP contribution >= 0.6 is 0 Å². The minimum absolute atomic E-state index is 0.149. The van der Waals surface area contributed by atoms with Gasteiger partial charge in [0.15, 0.2) is 0 Å². The molecular formula is C12H18N4O. The summed E-state index contributed by atoms with van der Waals surface area (Å²) in [7, 11) is 0. The van der Waals surface area contributed by atoms with Crippen molar-refractivity contribution < 1.29 is 4.79 Å². The molecule has 1 amide bonds. The summed E-state index contributed by atoms with van der Waals surface area (Å²) >= 11 is 0. The average Bonchev–Trinajstić information content (AvgIpc) is 2.39. The minimum Gasteiger partial charge on any atom is -0.353 e. The van der Waals surface area contributed by atoms with Crippen LogP contribution in [0.1, 0.15) is 12.5 Å². The van der Waals surface area contributed by atoms with Gasteiger partial charge in [-0.1, -0.05) is 6.07 Å². The first-order valence-corrected chi connectivity index (χ1v) is 5.86. The lowest BCUT2D eigenvalue weighted by atomic mass is 10.2. The summed E-state index contributed by atoms with van der Waals surface area (Å²) in [4.78, 5) is 19.6. The molecule has 1 aromatic rings. The molecule has 5 heteroatoms. The monoisotopic (exact) mass is 234 g/mol. The van der Waals surface area contributed by atoms with E-state index in [1.54, 1.807) is 6.92 Å². The zero-order chi connectivity index (χ0) is 12.3. The molecule has 92 valence electrons. The molecule has 2 N–H and O–H groups in total. The van der Waals surface area contributed by atoms with Gasteiger partial charge >= 0.3 is 0 Å². The number of hydrogen-bond donors (Lipinski definition) is 1. The summed E-state index contributed by atoms with van der Waals surface area (Å²) in [5, 5.41) is 0. The number of hydrogen-bond acceptors (Lipinski definition) is 4. The Morgan fingerprint density at radius 1 is 1.35 bits per heavy atom. The Bertz CT molecular complexity index is 382. The molecule has 0 spiro atoms. The molecule has 0 bridgehead atoms. The first kappa shape index (κ1) is 11.9. The maximum Gasteiger partial charge on any atom is 0.219 e. The van der Waals surface area contributed by atoms with Gasteiger partial charge in [0.05, 0.1) is 0 Å². The molecule has 0 aromatic carbocycles. The molecule has 1 saturated heterocycles. The summed E-state index contributed by atoms with van der Waals surface area (Å²) in [6.45, 7) is 5.36. The van der Waals surface area contributed by atoms with Gasteiger partial charge in [0, 0.05) is 45.8 Å². The van der Waals surface area contributed by atoms with E-state index in [-0.39, 0.29) is 5.91 Å². The predicted molar refractivity (Wildman–Crippen MR) is 66.6 cm³/mol. The zero-order valence-electron chi connectivity index (χ0n) is 10.1. The number of pyridine rings is 1. The fourth-order valence-electron chi connectivity index (χ4n) is 1.97. The smallest absolute Gasteiger partial charge is 0.219 e. The van der Waals surface area contributed by atoms with Crippen LogP contribution in [0.4, 0.5) is 5.82 Å². The number of nitrogens with two attached hydrogens (primary N) is 1. The van der Waals surface area contributed by atoms with E-state index in [0.29, 0.717) is 6.54 Å². The van der Waals surface area contributed by atoms with Gasteiger partial charge in [0.25, 0.3) is 0 Å². The molecule has 2 heterocycles. The van der Waals surface area contributed by atoms with Gasteiger partial charge in [0.2, 0.25) is 5.91 Å². The lowest BCUT2D eigenvalue weighted by Crippen LogP contribution is -2.48. The van der Waals surface area contributed by atoms with Crippen molar-refractivity contribution in [3.8, 4) is 0 Å². The maximum absolute atomic E-state index is 11.2. The van der Waals surface area contributed by atoms with Crippen LogP contribution in [-0.2, 0) is 11.3 Å². The lowest BCUT2D eigenvalue weighted by Gasteiger charge is -2.34. The molecule has 17 heavy (non-hydrogen) atoms. The van der Waals surface area contributed by atoms with Gasteiger partial charge in [-0.15, -0.1) is 0 Å². The van der Waals surface area contributed by atoms with Crippen LogP contribution in [0.5, 0.6) is 0 Å². The van der Waals surface area contributed by atoms with Crippen molar-refractivity contribution in [3.63, 3.8) is 0 Å². The first-order valence-electron chi connectivity index (χ1n) is 5.86. The van der Waals surface area contributed by atoms with Crippen molar-refractivity contribution in [2.24, 2.45) is 5.73 Å². The van der Waals surface area contributed by atoms with Crippen molar-refractivity contribution >= 4 is 11.7 Å². The van der Waals surface area contributed by atoms with Gasteiger partial charge < -0.3 is 15.5 Å². The van der Waals surface area contributed by atoms with Crippen molar-refractivity contribution in [3.05, 3.63) is 23.9 Å². The Morgan fingerprint density at radius 3 is 2.53 bits per heavy atom. The Labute approximate surface area is 101 Å². The fraction of sp³-hybridized carbons (Fsp3) is 0.500.